The smallest absolute Gasteiger partial charge is 0.325 e. The van der Waals surface area contributed by atoms with Crippen LogP contribution < -0.4 is 15.4 Å². The van der Waals surface area contributed by atoms with Gasteiger partial charge < -0.3 is 25.0 Å². The fourth-order valence-corrected chi connectivity index (χ4v) is 3.71. The maximum Gasteiger partial charge on any atom is 0.325 e. The summed E-state index contributed by atoms with van der Waals surface area (Å²) >= 11 is 0. The minimum atomic E-state index is -1.00. The van der Waals surface area contributed by atoms with Crippen molar-refractivity contribution in [1.29, 1.82) is 0 Å². The number of ketones is 1. The molecule has 8 heteroatoms. The zero-order valence-electron chi connectivity index (χ0n) is 20.3. The Bertz CT molecular complexity index is 845. The lowest BCUT2D eigenvalue weighted by Crippen LogP contribution is -2.58. The van der Waals surface area contributed by atoms with E-state index in [2.05, 4.69) is 31.4 Å². The molecule has 2 amide bonds. The first-order chi connectivity index (χ1) is 14.9. The van der Waals surface area contributed by atoms with Gasteiger partial charge in [-0.1, -0.05) is 32.9 Å². The number of nitrogens with zero attached hydrogens (tertiary/aromatic N) is 1. The first kappa shape index (κ1) is 25.6. The highest BCUT2D eigenvalue weighted by atomic mass is 16.6. The lowest BCUT2D eigenvalue weighted by atomic mass is 9.85. The number of piperazine rings is 1. The summed E-state index contributed by atoms with van der Waals surface area (Å²) in [7, 11) is 1.59. The molecule has 0 spiro atoms. The van der Waals surface area contributed by atoms with Crippen LogP contribution in [0.3, 0.4) is 0 Å². The third kappa shape index (κ3) is 6.69. The van der Waals surface area contributed by atoms with Gasteiger partial charge in [-0.25, -0.2) is 4.79 Å². The number of benzene rings is 1. The van der Waals surface area contributed by atoms with E-state index in [0.29, 0.717) is 30.9 Å². The van der Waals surface area contributed by atoms with Crippen LogP contribution in [0.25, 0.3) is 0 Å². The molecule has 1 fully saturated rings. The van der Waals surface area contributed by atoms with Crippen LogP contribution in [0.4, 0.5) is 4.79 Å². The summed E-state index contributed by atoms with van der Waals surface area (Å²) in [4.78, 5) is 39.3. The van der Waals surface area contributed by atoms with Crippen LogP contribution in [0.5, 0.6) is 5.75 Å². The number of methoxy groups -OCH3 is 1. The molecule has 1 saturated heterocycles. The van der Waals surface area contributed by atoms with E-state index in [1.807, 2.05) is 13.0 Å². The molecule has 2 rings (SSSR count). The van der Waals surface area contributed by atoms with Crippen LogP contribution >= 0.6 is 0 Å². The van der Waals surface area contributed by atoms with E-state index >= 15 is 0 Å². The first-order valence-electron chi connectivity index (χ1n) is 11.1. The summed E-state index contributed by atoms with van der Waals surface area (Å²) in [5.74, 6) is 0.0505. The van der Waals surface area contributed by atoms with E-state index in [-0.39, 0.29) is 30.2 Å². The minimum Gasteiger partial charge on any atom is -0.496 e. The van der Waals surface area contributed by atoms with Gasteiger partial charge in [0.15, 0.2) is 5.78 Å². The van der Waals surface area contributed by atoms with Gasteiger partial charge in [-0.05, 0) is 37.8 Å². The molecule has 0 radical (unpaired) electrons. The molecule has 1 aliphatic heterocycles. The summed E-state index contributed by atoms with van der Waals surface area (Å²) in [5.41, 5.74) is 0.413. The lowest BCUT2D eigenvalue weighted by molar-refractivity contribution is -0.159. The maximum absolute atomic E-state index is 12.9. The molecule has 8 nitrogen and oxygen atoms in total. The lowest BCUT2D eigenvalue weighted by Gasteiger charge is -2.34. The van der Waals surface area contributed by atoms with Gasteiger partial charge in [-0.2, -0.15) is 0 Å². The Labute approximate surface area is 191 Å². The summed E-state index contributed by atoms with van der Waals surface area (Å²) in [5, 5.41) is 5.83. The van der Waals surface area contributed by atoms with Crippen molar-refractivity contribution in [3.8, 4) is 5.75 Å². The Kier molecular flexibility index (Phi) is 8.29. The second-order valence-corrected chi connectivity index (χ2v) is 9.73. The Morgan fingerprint density at radius 3 is 2.47 bits per heavy atom. The maximum atomic E-state index is 12.9. The Balaban J connectivity index is 2.04. The van der Waals surface area contributed by atoms with Crippen molar-refractivity contribution in [3.05, 3.63) is 29.3 Å². The topological polar surface area (TPSA) is 97.0 Å². The van der Waals surface area contributed by atoms with Crippen LogP contribution in [0.15, 0.2) is 18.2 Å². The molecular formula is C24H37N3O5. The van der Waals surface area contributed by atoms with E-state index in [1.54, 1.807) is 38.0 Å². The standard InChI is InChI=1S/C24H37N3O5/c1-8-25-22(30)27-12-11-26-18(15-27)21(29)32-24(5,6)14-19(28)16-9-10-17(23(2,3)4)20(13-16)31-7/h9-10,13,18,26H,8,11-12,14-15H2,1-7H3,(H,25,30). The SMILES string of the molecule is CCNC(=O)N1CCNC(C(=O)OC(C)(C)CC(=O)c2ccc(C(C)(C)C)c(OC)c2)C1. The predicted octanol–water partition coefficient (Wildman–Crippen LogP) is 2.89. The van der Waals surface area contributed by atoms with Gasteiger partial charge in [0.25, 0.3) is 0 Å². The van der Waals surface area contributed by atoms with E-state index in [1.165, 1.54) is 0 Å². The molecule has 1 aromatic carbocycles. The summed E-state index contributed by atoms with van der Waals surface area (Å²) in [6, 6.07) is 4.61. The van der Waals surface area contributed by atoms with Gasteiger partial charge in [-0.15, -0.1) is 0 Å². The number of amides is 2. The molecule has 0 aliphatic carbocycles. The zero-order valence-corrected chi connectivity index (χ0v) is 20.3. The predicted molar refractivity (Wildman–Crippen MR) is 123 cm³/mol. The van der Waals surface area contributed by atoms with E-state index < -0.39 is 17.6 Å². The van der Waals surface area contributed by atoms with Crippen molar-refractivity contribution in [2.45, 2.75) is 65.0 Å². The number of urea groups is 1. The fraction of sp³-hybridized carbons (Fsp3) is 0.625. The molecule has 0 bridgehead atoms. The Morgan fingerprint density at radius 1 is 1.19 bits per heavy atom. The van der Waals surface area contributed by atoms with Crippen LogP contribution in [0.2, 0.25) is 0 Å². The Hall–Kier alpha value is -2.61. The average molecular weight is 448 g/mol. The number of carbonyl (C=O) groups excluding carboxylic acids is 3. The third-order valence-corrected chi connectivity index (χ3v) is 5.37. The summed E-state index contributed by atoms with van der Waals surface area (Å²) in [6.45, 7) is 13.3. The number of esters is 1. The number of carbonyl (C=O) groups is 3. The summed E-state index contributed by atoms with van der Waals surface area (Å²) < 4.78 is 11.2. The molecule has 1 unspecified atom stereocenters. The quantitative estimate of drug-likeness (QED) is 0.493. The van der Waals surface area contributed by atoms with Crippen molar-refractivity contribution in [3.63, 3.8) is 0 Å². The molecule has 1 aromatic rings. The zero-order chi connectivity index (χ0) is 24.1. The second-order valence-electron chi connectivity index (χ2n) is 9.73. The number of hydrogen-bond acceptors (Lipinski definition) is 6. The molecule has 1 atom stereocenters. The monoisotopic (exact) mass is 447 g/mol. The largest absolute Gasteiger partial charge is 0.496 e. The molecule has 1 heterocycles. The van der Waals surface area contributed by atoms with Gasteiger partial charge in [0, 0.05) is 31.7 Å². The number of nitrogens with one attached hydrogen (secondary N) is 2. The van der Waals surface area contributed by atoms with Gasteiger partial charge >= 0.3 is 12.0 Å². The van der Waals surface area contributed by atoms with E-state index in [0.717, 1.165) is 5.56 Å². The van der Waals surface area contributed by atoms with Gasteiger partial charge in [0.1, 0.15) is 17.4 Å². The third-order valence-electron chi connectivity index (χ3n) is 5.37. The van der Waals surface area contributed by atoms with Crippen molar-refractivity contribution < 1.29 is 23.9 Å². The minimum absolute atomic E-state index is 0.0313. The normalized spacial score (nSPS) is 17.0. The molecule has 32 heavy (non-hydrogen) atoms. The van der Waals surface area contributed by atoms with Crippen LogP contribution in [-0.4, -0.2) is 67.6 Å². The fourth-order valence-electron chi connectivity index (χ4n) is 3.71. The number of rotatable bonds is 7. The van der Waals surface area contributed by atoms with Gasteiger partial charge in [0.05, 0.1) is 13.5 Å². The van der Waals surface area contributed by atoms with Crippen LogP contribution in [0.1, 0.15) is 63.9 Å². The summed E-state index contributed by atoms with van der Waals surface area (Å²) in [6.07, 6.45) is 0.0313. The van der Waals surface area contributed by atoms with E-state index in [4.69, 9.17) is 9.47 Å². The Morgan fingerprint density at radius 2 is 1.88 bits per heavy atom. The van der Waals surface area contributed by atoms with Crippen molar-refractivity contribution in [2.24, 2.45) is 0 Å². The molecule has 178 valence electrons. The highest BCUT2D eigenvalue weighted by Crippen LogP contribution is 2.32. The number of hydrogen-bond donors (Lipinski definition) is 2. The second kappa shape index (κ2) is 10.3. The van der Waals surface area contributed by atoms with Crippen molar-refractivity contribution in [2.75, 3.05) is 33.3 Å². The molecule has 0 saturated carbocycles. The molecule has 2 N–H and O–H groups in total. The number of ether oxygens (including phenoxy) is 2. The van der Waals surface area contributed by atoms with E-state index in [9.17, 15) is 14.4 Å². The van der Waals surface area contributed by atoms with Crippen LogP contribution in [-0.2, 0) is 14.9 Å². The van der Waals surface area contributed by atoms with Crippen LogP contribution in [0, 0.1) is 0 Å². The van der Waals surface area contributed by atoms with Gasteiger partial charge in [-0.3, -0.25) is 9.59 Å². The number of Topliss-reactive ketones (excluding diaryl/α,β-unsaturated/α-hetero) is 1. The molecule has 0 aromatic heterocycles. The highest BCUT2D eigenvalue weighted by molar-refractivity contribution is 5.97. The van der Waals surface area contributed by atoms with Crippen molar-refractivity contribution >= 4 is 17.8 Å². The highest BCUT2D eigenvalue weighted by Gasteiger charge is 2.34. The molecule has 1 aliphatic rings. The van der Waals surface area contributed by atoms with Crippen molar-refractivity contribution in [1.82, 2.24) is 15.5 Å². The average Bonchev–Trinajstić information content (AvgIpc) is 2.72. The van der Waals surface area contributed by atoms with Gasteiger partial charge in [0.2, 0.25) is 0 Å². The molecular weight excluding hydrogens is 410 g/mol. The first-order valence-corrected chi connectivity index (χ1v) is 11.1.